The van der Waals surface area contributed by atoms with E-state index in [0.29, 0.717) is 0 Å². The first-order chi connectivity index (χ1) is 7.78. The van der Waals surface area contributed by atoms with Gasteiger partial charge in [-0.2, -0.15) is 17.0 Å². The minimum Gasteiger partial charge on any atom is -0.340 e. The summed E-state index contributed by atoms with van der Waals surface area (Å²) in [5, 5.41) is 9.29. The van der Waals surface area contributed by atoms with E-state index in [2.05, 4.69) is 6.07 Å². The Balaban J connectivity index is 2.07. The minimum absolute atomic E-state index is 0.106. The third-order valence-electron chi connectivity index (χ3n) is 3.59. The first-order valence-corrected chi connectivity index (χ1v) is 7.22. The second-order valence-corrected chi connectivity index (χ2v) is 5.88. The quantitative estimate of drug-likeness (QED) is 0.702. The van der Waals surface area contributed by atoms with Crippen LogP contribution in [0.3, 0.4) is 0 Å². The van der Waals surface area contributed by atoms with Gasteiger partial charge in [-0.3, -0.25) is 4.79 Å². The molecular weight excluding hydrogens is 220 g/mol. The van der Waals surface area contributed by atoms with Crippen LogP contribution in [0.1, 0.15) is 32.1 Å². The Labute approximate surface area is 101 Å². The van der Waals surface area contributed by atoms with Gasteiger partial charge in [0.1, 0.15) is 5.41 Å². The van der Waals surface area contributed by atoms with Crippen LogP contribution in [0, 0.1) is 16.7 Å². The Morgan fingerprint density at radius 2 is 1.94 bits per heavy atom. The number of nitriles is 1. The molecule has 2 rings (SSSR count). The number of carbonyl (C=O) groups is 1. The van der Waals surface area contributed by atoms with Gasteiger partial charge in [-0.25, -0.2) is 0 Å². The summed E-state index contributed by atoms with van der Waals surface area (Å²) < 4.78 is 0. The highest BCUT2D eigenvalue weighted by Gasteiger charge is 2.43. The van der Waals surface area contributed by atoms with E-state index in [0.717, 1.165) is 56.7 Å². The molecule has 0 aromatic rings. The highest BCUT2D eigenvalue weighted by Crippen LogP contribution is 2.39. The van der Waals surface area contributed by atoms with Crippen molar-refractivity contribution < 1.29 is 4.79 Å². The predicted octanol–water partition coefficient (Wildman–Crippen LogP) is 2.04. The number of hydrogen-bond acceptors (Lipinski definition) is 3. The zero-order valence-electron chi connectivity index (χ0n) is 9.57. The van der Waals surface area contributed by atoms with Crippen molar-refractivity contribution in [2.75, 3.05) is 24.6 Å². The van der Waals surface area contributed by atoms with E-state index in [4.69, 9.17) is 0 Å². The van der Waals surface area contributed by atoms with E-state index in [1.54, 1.807) is 0 Å². The summed E-state index contributed by atoms with van der Waals surface area (Å²) in [6, 6.07) is 2.30. The summed E-state index contributed by atoms with van der Waals surface area (Å²) in [6.07, 6.45) is 4.67. The van der Waals surface area contributed by atoms with E-state index >= 15 is 0 Å². The maximum atomic E-state index is 12.4. The normalized spacial score (nSPS) is 24.8. The molecule has 1 aliphatic carbocycles. The van der Waals surface area contributed by atoms with Gasteiger partial charge in [0.2, 0.25) is 5.91 Å². The van der Waals surface area contributed by atoms with Gasteiger partial charge in [0.05, 0.1) is 6.07 Å². The molecular formula is C12H18N2OS. The Hall–Kier alpha value is -0.690. The highest BCUT2D eigenvalue weighted by atomic mass is 32.2. The molecule has 88 valence electrons. The van der Waals surface area contributed by atoms with Crippen LogP contribution < -0.4 is 0 Å². The average molecular weight is 238 g/mol. The molecule has 2 aliphatic rings. The number of amides is 1. The Bertz CT molecular complexity index is 297. The van der Waals surface area contributed by atoms with Crippen LogP contribution in [0.5, 0.6) is 0 Å². The van der Waals surface area contributed by atoms with Gasteiger partial charge in [0.15, 0.2) is 0 Å². The second-order valence-electron chi connectivity index (χ2n) is 4.66. The fraction of sp³-hybridized carbons (Fsp3) is 0.833. The van der Waals surface area contributed by atoms with Crippen molar-refractivity contribution in [3.63, 3.8) is 0 Å². The first kappa shape index (κ1) is 11.8. The largest absolute Gasteiger partial charge is 0.340 e. The van der Waals surface area contributed by atoms with Gasteiger partial charge in [-0.15, -0.1) is 0 Å². The highest BCUT2D eigenvalue weighted by molar-refractivity contribution is 7.99. The number of hydrogen-bond donors (Lipinski definition) is 0. The molecule has 2 fully saturated rings. The number of thioether (sulfide) groups is 1. The summed E-state index contributed by atoms with van der Waals surface area (Å²) in [7, 11) is 0. The molecule has 0 aromatic heterocycles. The van der Waals surface area contributed by atoms with E-state index < -0.39 is 5.41 Å². The monoisotopic (exact) mass is 238 g/mol. The molecule has 1 heterocycles. The van der Waals surface area contributed by atoms with E-state index in [9.17, 15) is 10.1 Å². The van der Waals surface area contributed by atoms with Crippen molar-refractivity contribution in [1.82, 2.24) is 4.90 Å². The smallest absolute Gasteiger partial charge is 0.243 e. The van der Waals surface area contributed by atoms with E-state index in [-0.39, 0.29) is 5.91 Å². The number of carbonyl (C=O) groups excluding carboxylic acids is 1. The van der Waals surface area contributed by atoms with Gasteiger partial charge in [-0.05, 0) is 25.0 Å². The van der Waals surface area contributed by atoms with Crippen LogP contribution in [-0.4, -0.2) is 35.4 Å². The summed E-state index contributed by atoms with van der Waals surface area (Å²) in [6.45, 7) is 1.67. The van der Waals surface area contributed by atoms with Gasteiger partial charge in [0.25, 0.3) is 0 Å². The van der Waals surface area contributed by atoms with Gasteiger partial charge in [-0.1, -0.05) is 12.8 Å². The lowest BCUT2D eigenvalue weighted by Gasteiger charge is -2.28. The van der Waals surface area contributed by atoms with Gasteiger partial charge < -0.3 is 4.90 Å². The third kappa shape index (κ3) is 2.20. The van der Waals surface area contributed by atoms with Crippen LogP contribution in [0.2, 0.25) is 0 Å². The fourth-order valence-corrected chi connectivity index (χ4v) is 3.49. The number of nitrogens with zero attached hydrogens (tertiary/aromatic N) is 2. The van der Waals surface area contributed by atoms with E-state index in [1.165, 1.54) is 0 Å². The molecule has 1 saturated carbocycles. The Morgan fingerprint density at radius 3 is 2.62 bits per heavy atom. The lowest BCUT2D eigenvalue weighted by atomic mass is 9.86. The van der Waals surface area contributed by atoms with Crippen molar-refractivity contribution in [1.29, 1.82) is 5.26 Å². The van der Waals surface area contributed by atoms with Crippen LogP contribution >= 0.6 is 11.8 Å². The molecule has 0 radical (unpaired) electrons. The lowest BCUT2D eigenvalue weighted by Crippen LogP contribution is -2.43. The SMILES string of the molecule is N#CC1(C(=O)N2CCCSCC2)CCCC1. The first-order valence-electron chi connectivity index (χ1n) is 6.07. The van der Waals surface area contributed by atoms with Crippen molar-refractivity contribution in [3.8, 4) is 6.07 Å². The van der Waals surface area contributed by atoms with Crippen molar-refractivity contribution in [2.45, 2.75) is 32.1 Å². The minimum atomic E-state index is -0.672. The summed E-state index contributed by atoms with van der Waals surface area (Å²) in [4.78, 5) is 14.3. The van der Waals surface area contributed by atoms with Crippen molar-refractivity contribution in [2.24, 2.45) is 5.41 Å². The molecule has 1 aliphatic heterocycles. The molecule has 0 aromatic carbocycles. The molecule has 0 bridgehead atoms. The zero-order valence-corrected chi connectivity index (χ0v) is 10.4. The average Bonchev–Trinajstić information content (AvgIpc) is 2.64. The molecule has 3 nitrogen and oxygen atoms in total. The molecule has 1 saturated heterocycles. The molecule has 0 unspecified atom stereocenters. The summed E-state index contributed by atoms with van der Waals surface area (Å²) in [5.41, 5.74) is -0.672. The van der Waals surface area contributed by atoms with E-state index in [1.807, 2.05) is 16.7 Å². The zero-order chi connectivity index (χ0) is 11.4. The second kappa shape index (κ2) is 5.09. The third-order valence-corrected chi connectivity index (χ3v) is 4.64. The van der Waals surface area contributed by atoms with Crippen LogP contribution in [0.4, 0.5) is 0 Å². The van der Waals surface area contributed by atoms with Crippen molar-refractivity contribution >= 4 is 17.7 Å². The summed E-state index contributed by atoms with van der Waals surface area (Å²) >= 11 is 1.91. The van der Waals surface area contributed by atoms with Gasteiger partial charge in [0, 0.05) is 18.8 Å². The van der Waals surface area contributed by atoms with Crippen LogP contribution in [-0.2, 0) is 4.79 Å². The maximum absolute atomic E-state index is 12.4. The Kier molecular flexibility index (Phi) is 3.75. The van der Waals surface area contributed by atoms with Gasteiger partial charge >= 0.3 is 0 Å². The summed E-state index contributed by atoms with van der Waals surface area (Å²) in [5.74, 6) is 2.27. The molecule has 4 heteroatoms. The predicted molar refractivity (Wildman–Crippen MR) is 65.0 cm³/mol. The molecule has 0 atom stereocenters. The maximum Gasteiger partial charge on any atom is 0.243 e. The molecule has 16 heavy (non-hydrogen) atoms. The lowest BCUT2D eigenvalue weighted by molar-refractivity contribution is -0.138. The molecule has 1 amide bonds. The van der Waals surface area contributed by atoms with Crippen LogP contribution in [0.15, 0.2) is 0 Å². The number of rotatable bonds is 1. The van der Waals surface area contributed by atoms with Crippen LogP contribution in [0.25, 0.3) is 0 Å². The Morgan fingerprint density at radius 1 is 1.19 bits per heavy atom. The topological polar surface area (TPSA) is 44.1 Å². The fourth-order valence-electron chi connectivity index (χ4n) is 2.60. The molecule has 0 N–H and O–H groups in total. The van der Waals surface area contributed by atoms with Crippen molar-refractivity contribution in [3.05, 3.63) is 0 Å². The molecule has 0 spiro atoms. The standard InChI is InChI=1S/C12H18N2OS/c13-10-12(4-1-2-5-12)11(15)14-6-3-8-16-9-7-14/h1-9H2.